The van der Waals surface area contributed by atoms with Crippen molar-refractivity contribution in [1.29, 1.82) is 0 Å². The van der Waals surface area contributed by atoms with Gasteiger partial charge in [-0.3, -0.25) is 4.57 Å². The molecule has 2 N–H and O–H groups in total. The molecule has 0 saturated heterocycles. The van der Waals surface area contributed by atoms with Crippen LogP contribution in [0.25, 0.3) is 5.69 Å². The van der Waals surface area contributed by atoms with Gasteiger partial charge in [0.1, 0.15) is 6.33 Å². The van der Waals surface area contributed by atoms with Gasteiger partial charge in [-0.15, -0.1) is 0 Å². The lowest BCUT2D eigenvalue weighted by molar-refractivity contribution is 0.867. The predicted molar refractivity (Wildman–Crippen MR) is 52.0 cm³/mol. The first-order valence-electron chi connectivity index (χ1n) is 4.04. The minimum absolute atomic E-state index is 0.0119. The summed E-state index contributed by atoms with van der Waals surface area (Å²) in [4.78, 5) is 18.6. The van der Waals surface area contributed by atoms with Gasteiger partial charge in [-0.1, -0.05) is 18.2 Å². The molecule has 0 aliphatic carbocycles. The smallest absolute Gasteiger partial charge is 0.356 e. The van der Waals surface area contributed by atoms with Crippen LogP contribution in [-0.2, 0) is 0 Å². The van der Waals surface area contributed by atoms with Crippen LogP contribution in [0.5, 0.6) is 0 Å². The molecule has 0 radical (unpaired) electrons. The van der Waals surface area contributed by atoms with Crippen LogP contribution in [0.3, 0.4) is 0 Å². The molecule has 1 aromatic carbocycles. The summed E-state index contributed by atoms with van der Waals surface area (Å²) in [5, 5.41) is 0. The van der Waals surface area contributed by atoms with E-state index < -0.39 is 5.69 Å². The SMILES string of the molecule is Nc1ncn(-c2ccccc2)c(=O)n1. The van der Waals surface area contributed by atoms with Crippen LogP contribution in [-0.4, -0.2) is 14.5 Å². The minimum atomic E-state index is -0.427. The number of nitrogens with zero attached hydrogens (tertiary/aromatic N) is 3. The molecule has 0 atom stereocenters. The summed E-state index contributed by atoms with van der Waals surface area (Å²) in [7, 11) is 0. The van der Waals surface area contributed by atoms with Gasteiger partial charge in [-0.25, -0.2) is 9.78 Å². The van der Waals surface area contributed by atoms with Crippen molar-refractivity contribution in [3.8, 4) is 5.69 Å². The summed E-state index contributed by atoms with van der Waals surface area (Å²) in [6.45, 7) is 0. The van der Waals surface area contributed by atoms with Crippen molar-refractivity contribution < 1.29 is 0 Å². The number of nitrogens with two attached hydrogens (primary N) is 1. The maximum atomic E-state index is 11.4. The molecule has 0 saturated carbocycles. The predicted octanol–water partition coefficient (Wildman–Crippen LogP) is 0.210. The number of benzene rings is 1. The molecule has 5 nitrogen and oxygen atoms in total. The third kappa shape index (κ3) is 1.47. The molecule has 1 heterocycles. The van der Waals surface area contributed by atoms with Crippen LogP contribution in [0.15, 0.2) is 41.5 Å². The highest BCUT2D eigenvalue weighted by Crippen LogP contribution is 2.01. The maximum Gasteiger partial charge on any atom is 0.356 e. The zero-order chi connectivity index (χ0) is 9.97. The van der Waals surface area contributed by atoms with Crippen molar-refractivity contribution >= 4 is 5.95 Å². The average Bonchev–Trinajstić information content (AvgIpc) is 2.19. The molecule has 14 heavy (non-hydrogen) atoms. The number of hydrogen-bond donors (Lipinski definition) is 1. The fraction of sp³-hybridized carbons (Fsp3) is 0. The van der Waals surface area contributed by atoms with E-state index in [4.69, 9.17) is 5.73 Å². The summed E-state index contributed by atoms with van der Waals surface area (Å²) in [5.41, 5.74) is 5.56. The van der Waals surface area contributed by atoms with Crippen molar-refractivity contribution in [2.24, 2.45) is 0 Å². The fourth-order valence-electron chi connectivity index (χ4n) is 1.11. The lowest BCUT2D eigenvalue weighted by atomic mass is 10.3. The topological polar surface area (TPSA) is 73.8 Å². The Morgan fingerprint density at radius 3 is 2.57 bits per heavy atom. The molecule has 0 unspecified atom stereocenters. The highest BCUT2D eigenvalue weighted by atomic mass is 16.1. The van der Waals surface area contributed by atoms with Crippen LogP contribution in [0, 0.1) is 0 Å². The number of hydrogen-bond acceptors (Lipinski definition) is 4. The second kappa shape index (κ2) is 3.29. The molecule has 0 fully saturated rings. The highest BCUT2D eigenvalue weighted by molar-refractivity contribution is 5.30. The molecule has 0 aliphatic heterocycles. The molecular weight excluding hydrogens is 180 g/mol. The standard InChI is InChI=1S/C9H8N4O/c10-8-11-6-13(9(14)12-8)7-4-2-1-3-5-7/h1-6H,(H2,10,12,14). The van der Waals surface area contributed by atoms with Crippen molar-refractivity contribution in [2.75, 3.05) is 5.73 Å². The minimum Gasteiger partial charge on any atom is -0.368 e. The molecule has 5 heteroatoms. The monoisotopic (exact) mass is 188 g/mol. The summed E-state index contributed by atoms with van der Waals surface area (Å²) in [6, 6.07) is 9.12. The van der Waals surface area contributed by atoms with Crippen LogP contribution >= 0.6 is 0 Å². The summed E-state index contributed by atoms with van der Waals surface area (Å²) in [5.74, 6) is -0.0119. The fourth-order valence-corrected chi connectivity index (χ4v) is 1.11. The molecule has 0 amide bonds. The number of anilines is 1. The first-order valence-corrected chi connectivity index (χ1v) is 4.04. The molecule has 0 aliphatic rings. The van der Waals surface area contributed by atoms with E-state index in [0.29, 0.717) is 0 Å². The van der Waals surface area contributed by atoms with Gasteiger partial charge in [0, 0.05) is 0 Å². The Hall–Kier alpha value is -2.17. The largest absolute Gasteiger partial charge is 0.368 e. The Kier molecular flexibility index (Phi) is 1.98. The van der Waals surface area contributed by atoms with Crippen molar-refractivity contribution in [3.63, 3.8) is 0 Å². The van der Waals surface area contributed by atoms with Crippen molar-refractivity contribution in [3.05, 3.63) is 47.1 Å². The van der Waals surface area contributed by atoms with E-state index >= 15 is 0 Å². The van der Waals surface area contributed by atoms with E-state index in [-0.39, 0.29) is 5.95 Å². The van der Waals surface area contributed by atoms with Gasteiger partial charge < -0.3 is 5.73 Å². The van der Waals surface area contributed by atoms with Crippen molar-refractivity contribution in [1.82, 2.24) is 14.5 Å². The van der Waals surface area contributed by atoms with E-state index in [1.807, 2.05) is 18.2 Å². The molecule has 1 aromatic heterocycles. The number of aromatic nitrogens is 3. The molecule has 2 aromatic rings. The molecular formula is C9H8N4O. The van der Waals surface area contributed by atoms with E-state index in [9.17, 15) is 4.79 Å². The first-order chi connectivity index (χ1) is 6.77. The maximum absolute atomic E-state index is 11.4. The van der Waals surface area contributed by atoms with Gasteiger partial charge in [0.05, 0.1) is 5.69 Å². The van der Waals surface area contributed by atoms with Crippen LogP contribution in [0.4, 0.5) is 5.95 Å². The first kappa shape index (κ1) is 8.43. The molecule has 70 valence electrons. The van der Waals surface area contributed by atoms with Gasteiger partial charge in [0.25, 0.3) is 0 Å². The van der Waals surface area contributed by atoms with Gasteiger partial charge in [0.15, 0.2) is 0 Å². The van der Waals surface area contributed by atoms with Crippen LogP contribution < -0.4 is 11.4 Å². The normalized spacial score (nSPS) is 10.0. The summed E-state index contributed by atoms with van der Waals surface area (Å²) in [6.07, 6.45) is 1.36. The quantitative estimate of drug-likeness (QED) is 0.694. The van der Waals surface area contributed by atoms with Crippen LogP contribution in [0.1, 0.15) is 0 Å². The van der Waals surface area contributed by atoms with Gasteiger partial charge in [-0.2, -0.15) is 4.98 Å². The Morgan fingerprint density at radius 2 is 1.93 bits per heavy atom. The van der Waals surface area contributed by atoms with Crippen LogP contribution in [0.2, 0.25) is 0 Å². The Labute approximate surface area is 79.9 Å². The zero-order valence-electron chi connectivity index (χ0n) is 7.29. The van der Waals surface area contributed by atoms with E-state index in [0.717, 1.165) is 5.69 Å². The Balaban J connectivity index is 2.59. The van der Waals surface area contributed by atoms with Gasteiger partial charge in [-0.05, 0) is 12.1 Å². The van der Waals surface area contributed by atoms with E-state index in [1.54, 1.807) is 12.1 Å². The summed E-state index contributed by atoms with van der Waals surface area (Å²) < 4.78 is 1.33. The Bertz CT molecular complexity index is 492. The highest BCUT2D eigenvalue weighted by Gasteiger charge is 1.99. The molecule has 0 spiro atoms. The third-order valence-corrected chi connectivity index (χ3v) is 1.76. The second-order valence-corrected chi connectivity index (χ2v) is 2.70. The molecule has 0 bridgehead atoms. The zero-order valence-corrected chi connectivity index (χ0v) is 7.29. The van der Waals surface area contributed by atoms with Gasteiger partial charge in [0.2, 0.25) is 5.95 Å². The molecule has 2 rings (SSSR count). The second-order valence-electron chi connectivity index (χ2n) is 2.70. The lowest BCUT2D eigenvalue weighted by Gasteiger charge is -2.02. The van der Waals surface area contributed by atoms with E-state index in [2.05, 4.69) is 9.97 Å². The third-order valence-electron chi connectivity index (χ3n) is 1.76. The summed E-state index contributed by atoms with van der Waals surface area (Å²) >= 11 is 0. The number of nitrogen functional groups attached to an aromatic ring is 1. The Morgan fingerprint density at radius 1 is 1.21 bits per heavy atom. The lowest BCUT2D eigenvalue weighted by Crippen LogP contribution is -2.22. The number of para-hydroxylation sites is 1. The average molecular weight is 188 g/mol. The van der Waals surface area contributed by atoms with Crippen molar-refractivity contribution in [2.45, 2.75) is 0 Å². The van der Waals surface area contributed by atoms with E-state index in [1.165, 1.54) is 10.9 Å². The number of rotatable bonds is 1. The van der Waals surface area contributed by atoms with Gasteiger partial charge >= 0.3 is 5.69 Å².